The molecule has 2 amide bonds. The van der Waals surface area contributed by atoms with Crippen molar-refractivity contribution in [2.45, 2.75) is 25.8 Å². The Morgan fingerprint density at radius 1 is 1.29 bits per heavy atom. The van der Waals surface area contributed by atoms with E-state index in [4.69, 9.17) is 10.2 Å². The fourth-order valence-corrected chi connectivity index (χ4v) is 1.61. The number of aryl methyl sites for hydroxylation is 1. The lowest BCUT2D eigenvalue weighted by molar-refractivity contribution is -0.140. The second-order valence-electron chi connectivity index (χ2n) is 4.38. The van der Waals surface area contributed by atoms with Crippen molar-refractivity contribution in [2.75, 3.05) is 5.32 Å². The second-order valence-corrected chi connectivity index (χ2v) is 4.38. The predicted octanol–water partition coefficient (Wildman–Crippen LogP) is 1.57. The third-order valence-electron chi connectivity index (χ3n) is 2.69. The molecule has 0 heterocycles. The Morgan fingerprint density at radius 2 is 1.95 bits per heavy atom. The van der Waals surface area contributed by atoms with E-state index < -0.39 is 29.8 Å². The molecular weight excluding hydrogens is 283 g/mol. The van der Waals surface area contributed by atoms with Gasteiger partial charge in [-0.15, -0.1) is 0 Å². The molecule has 0 radical (unpaired) electrons. The van der Waals surface area contributed by atoms with E-state index in [-0.39, 0.29) is 12.8 Å². The lowest BCUT2D eigenvalue weighted by Gasteiger charge is -2.15. The largest absolute Gasteiger partial charge is 0.481 e. The molecular formula is C13H15FN2O5. The van der Waals surface area contributed by atoms with Crippen molar-refractivity contribution in [1.82, 2.24) is 5.32 Å². The number of carbonyl (C=O) groups is 3. The highest BCUT2D eigenvalue weighted by atomic mass is 19.1. The summed E-state index contributed by atoms with van der Waals surface area (Å²) in [6.07, 6.45) is -0.618. The minimum absolute atomic E-state index is 0.236. The van der Waals surface area contributed by atoms with Gasteiger partial charge in [-0.1, -0.05) is 0 Å². The molecule has 0 saturated carbocycles. The number of anilines is 1. The minimum atomic E-state index is -1.33. The molecule has 0 aliphatic carbocycles. The van der Waals surface area contributed by atoms with Crippen molar-refractivity contribution in [3.63, 3.8) is 0 Å². The van der Waals surface area contributed by atoms with Crippen LogP contribution in [0.1, 0.15) is 18.4 Å². The van der Waals surface area contributed by atoms with Gasteiger partial charge in [-0.2, -0.15) is 0 Å². The van der Waals surface area contributed by atoms with Crippen LogP contribution in [0.5, 0.6) is 0 Å². The zero-order valence-corrected chi connectivity index (χ0v) is 11.2. The standard InChI is InChI=1S/C13H15FN2O5/c1-7-6-8(14)2-3-9(7)15-13(21)16-10(12(19)20)4-5-11(17)18/h2-3,6,10H,4-5H2,1H3,(H,17,18)(H,19,20)(H2,15,16,21)/t10-/m0/s1. The number of benzene rings is 1. The molecule has 0 spiro atoms. The summed E-state index contributed by atoms with van der Waals surface area (Å²) in [5.41, 5.74) is 0.804. The molecule has 1 aromatic rings. The molecule has 7 nitrogen and oxygen atoms in total. The van der Waals surface area contributed by atoms with E-state index in [9.17, 15) is 18.8 Å². The van der Waals surface area contributed by atoms with Crippen molar-refractivity contribution >= 4 is 23.7 Å². The van der Waals surface area contributed by atoms with Gasteiger partial charge in [-0.05, 0) is 37.1 Å². The van der Waals surface area contributed by atoms with Gasteiger partial charge in [0.15, 0.2) is 0 Å². The van der Waals surface area contributed by atoms with Gasteiger partial charge in [-0.25, -0.2) is 14.0 Å². The van der Waals surface area contributed by atoms with Crippen LogP contribution >= 0.6 is 0 Å². The Balaban J connectivity index is 2.65. The highest BCUT2D eigenvalue weighted by Crippen LogP contribution is 2.15. The summed E-state index contributed by atoms with van der Waals surface area (Å²) in [5.74, 6) is -2.94. The number of carbonyl (C=O) groups excluding carboxylic acids is 1. The summed E-state index contributed by atoms with van der Waals surface area (Å²) in [6.45, 7) is 1.58. The SMILES string of the molecule is Cc1cc(F)ccc1NC(=O)N[C@@H](CCC(=O)O)C(=O)O. The number of hydrogen-bond acceptors (Lipinski definition) is 3. The average Bonchev–Trinajstić information content (AvgIpc) is 2.37. The zero-order chi connectivity index (χ0) is 16.0. The number of halogens is 1. The maximum absolute atomic E-state index is 12.9. The van der Waals surface area contributed by atoms with Gasteiger partial charge in [0, 0.05) is 12.1 Å². The fraction of sp³-hybridized carbons (Fsp3) is 0.308. The number of hydrogen-bond donors (Lipinski definition) is 4. The monoisotopic (exact) mass is 298 g/mol. The van der Waals surface area contributed by atoms with Crippen LogP contribution in [0, 0.1) is 12.7 Å². The van der Waals surface area contributed by atoms with Gasteiger partial charge in [0.2, 0.25) is 0 Å². The minimum Gasteiger partial charge on any atom is -0.481 e. The van der Waals surface area contributed by atoms with Gasteiger partial charge < -0.3 is 20.8 Å². The van der Waals surface area contributed by atoms with Crippen LogP contribution < -0.4 is 10.6 Å². The lowest BCUT2D eigenvalue weighted by atomic mass is 10.1. The molecule has 1 rings (SSSR count). The Kier molecular flexibility index (Phi) is 5.65. The van der Waals surface area contributed by atoms with Gasteiger partial charge in [0.1, 0.15) is 11.9 Å². The first kappa shape index (κ1) is 16.4. The van der Waals surface area contributed by atoms with Crippen molar-refractivity contribution in [1.29, 1.82) is 0 Å². The fourth-order valence-electron chi connectivity index (χ4n) is 1.61. The molecule has 1 atom stereocenters. The van der Waals surface area contributed by atoms with E-state index in [0.717, 1.165) is 6.07 Å². The van der Waals surface area contributed by atoms with Crippen LogP contribution in [-0.2, 0) is 9.59 Å². The highest BCUT2D eigenvalue weighted by molar-refractivity contribution is 5.92. The quantitative estimate of drug-likeness (QED) is 0.636. The first-order valence-electron chi connectivity index (χ1n) is 6.08. The molecule has 1 aromatic carbocycles. The van der Waals surface area contributed by atoms with Crippen molar-refractivity contribution in [3.05, 3.63) is 29.6 Å². The molecule has 0 bridgehead atoms. The third-order valence-corrected chi connectivity index (χ3v) is 2.69. The summed E-state index contributed by atoms with van der Waals surface area (Å²) < 4.78 is 12.9. The Labute approximate surface area is 119 Å². The molecule has 114 valence electrons. The molecule has 0 aliphatic heterocycles. The van der Waals surface area contributed by atoms with Gasteiger partial charge in [0.05, 0.1) is 0 Å². The molecule has 0 fully saturated rings. The number of carboxylic acid groups (broad SMARTS) is 2. The van der Waals surface area contributed by atoms with Gasteiger partial charge in [-0.3, -0.25) is 4.79 Å². The van der Waals surface area contributed by atoms with Crippen molar-refractivity contribution < 1.29 is 29.0 Å². The number of aliphatic carboxylic acids is 2. The summed E-state index contributed by atoms with van der Waals surface area (Å²) in [7, 11) is 0. The second kappa shape index (κ2) is 7.22. The first-order valence-corrected chi connectivity index (χ1v) is 6.08. The van der Waals surface area contributed by atoms with Crippen LogP contribution in [-0.4, -0.2) is 34.2 Å². The van der Waals surface area contributed by atoms with Crippen LogP contribution in [0.25, 0.3) is 0 Å². The molecule has 0 aromatic heterocycles. The maximum Gasteiger partial charge on any atom is 0.326 e. The molecule has 21 heavy (non-hydrogen) atoms. The number of nitrogens with one attached hydrogen (secondary N) is 2. The maximum atomic E-state index is 12.9. The Morgan fingerprint density at radius 3 is 2.48 bits per heavy atom. The van der Waals surface area contributed by atoms with Crippen LogP contribution in [0.3, 0.4) is 0 Å². The molecule has 0 unspecified atom stereocenters. The number of rotatable bonds is 6. The summed E-state index contributed by atoms with van der Waals surface area (Å²) >= 11 is 0. The van der Waals surface area contributed by atoms with E-state index in [2.05, 4.69) is 10.6 Å². The van der Waals surface area contributed by atoms with E-state index in [1.807, 2.05) is 0 Å². The molecule has 8 heteroatoms. The average molecular weight is 298 g/mol. The highest BCUT2D eigenvalue weighted by Gasteiger charge is 2.21. The number of urea groups is 1. The normalized spacial score (nSPS) is 11.5. The lowest BCUT2D eigenvalue weighted by Crippen LogP contribution is -2.43. The van der Waals surface area contributed by atoms with E-state index >= 15 is 0 Å². The summed E-state index contributed by atoms with van der Waals surface area (Å²) in [4.78, 5) is 33.0. The first-order chi connectivity index (χ1) is 9.79. The topological polar surface area (TPSA) is 116 Å². The van der Waals surface area contributed by atoms with Gasteiger partial charge in [0.25, 0.3) is 0 Å². The van der Waals surface area contributed by atoms with Gasteiger partial charge >= 0.3 is 18.0 Å². The Hall–Kier alpha value is -2.64. The zero-order valence-electron chi connectivity index (χ0n) is 11.2. The van der Waals surface area contributed by atoms with E-state index in [0.29, 0.717) is 11.3 Å². The Bertz CT molecular complexity index is 561. The van der Waals surface area contributed by atoms with E-state index in [1.165, 1.54) is 12.1 Å². The molecule has 4 N–H and O–H groups in total. The van der Waals surface area contributed by atoms with Crippen molar-refractivity contribution in [3.8, 4) is 0 Å². The van der Waals surface area contributed by atoms with Crippen molar-refractivity contribution in [2.24, 2.45) is 0 Å². The number of amides is 2. The third kappa shape index (κ3) is 5.47. The molecule has 0 aliphatic rings. The van der Waals surface area contributed by atoms with E-state index in [1.54, 1.807) is 6.92 Å². The summed E-state index contributed by atoms with van der Waals surface area (Å²) in [5, 5.41) is 22.0. The van der Waals surface area contributed by atoms with Crippen LogP contribution in [0.4, 0.5) is 14.9 Å². The summed E-state index contributed by atoms with van der Waals surface area (Å²) in [6, 6.07) is 1.60. The van der Waals surface area contributed by atoms with Crippen LogP contribution in [0.15, 0.2) is 18.2 Å². The molecule has 0 saturated heterocycles. The number of carboxylic acids is 2. The predicted molar refractivity (Wildman–Crippen MR) is 71.6 cm³/mol. The van der Waals surface area contributed by atoms with Crippen LogP contribution in [0.2, 0.25) is 0 Å². The smallest absolute Gasteiger partial charge is 0.326 e.